The van der Waals surface area contributed by atoms with Gasteiger partial charge in [-0.3, -0.25) is 4.79 Å². The molecule has 21 heavy (non-hydrogen) atoms. The Labute approximate surface area is 128 Å². The third-order valence-electron chi connectivity index (χ3n) is 3.57. The smallest absolute Gasteiger partial charge is 0.193 e. The molecular weight excluding hydrogens is 282 g/mol. The molecule has 0 radical (unpaired) electrons. The number of anilines is 1. The molecule has 0 aliphatic rings. The fourth-order valence-corrected chi connectivity index (χ4v) is 2.79. The van der Waals surface area contributed by atoms with E-state index in [2.05, 4.69) is 0 Å². The van der Waals surface area contributed by atoms with E-state index in [1.54, 1.807) is 18.2 Å². The van der Waals surface area contributed by atoms with Crippen molar-refractivity contribution in [3.05, 3.63) is 76.3 Å². The lowest BCUT2D eigenvalue weighted by Crippen LogP contribution is -2.03. The Balaban J connectivity index is 2.20. The number of carbonyl (C=O) groups excluding carboxylic acids is 1. The summed E-state index contributed by atoms with van der Waals surface area (Å²) in [5.74, 6) is -0.0691. The Morgan fingerprint density at radius 1 is 1.00 bits per heavy atom. The molecule has 0 spiro atoms. The minimum Gasteiger partial charge on any atom is -0.399 e. The summed E-state index contributed by atoms with van der Waals surface area (Å²) in [6.07, 6.45) is 0. The molecule has 3 aromatic carbocycles. The number of rotatable bonds is 2. The van der Waals surface area contributed by atoms with Crippen molar-refractivity contribution < 1.29 is 4.79 Å². The molecule has 3 heteroatoms. The van der Waals surface area contributed by atoms with E-state index in [4.69, 9.17) is 17.3 Å². The van der Waals surface area contributed by atoms with Crippen LogP contribution in [0.1, 0.15) is 21.5 Å². The van der Waals surface area contributed by atoms with Gasteiger partial charge in [-0.1, -0.05) is 48.0 Å². The second kappa shape index (κ2) is 5.23. The van der Waals surface area contributed by atoms with Gasteiger partial charge in [0.2, 0.25) is 0 Å². The van der Waals surface area contributed by atoms with Crippen LogP contribution >= 0.6 is 11.6 Å². The first kappa shape index (κ1) is 13.7. The molecule has 0 fully saturated rings. The van der Waals surface area contributed by atoms with Crippen LogP contribution in [0.25, 0.3) is 10.8 Å². The van der Waals surface area contributed by atoms with Crippen molar-refractivity contribution in [2.45, 2.75) is 6.92 Å². The van der Waals surface area contributed by atoms with Crippen molar-refractivity contribution in [2.24, 2.45) is 0 Å². The summed E-state index contributed by atoms with van der Waals surface area (Å²) in [4.78, 5) is 12.8. The van der Waals surface area contributed by atoms with Crippen molar-refractivity contribution in [1.29, 1.82) is 0 Å². The van der Waals surface area contributed by atoms with Gasteiger partial charge in [-0.2, -0.15) is 0 Å². The molecule has 3 aromatic rings. The number of hydrogen-bond acceptors (Lipinski definition) is 2. The van der Waals surface area contributed by atoms with E-state index in [-0.39, 0.29) is 5.78 Å². The van der Waals surface area contributed by atoms with Crippen molar-refractivity contribution in [1.82, 2.24) is 0 Å². The summed E-state index contributed by atoms with van der Waals surface area (Å²) >= 11 is 5.99. The highest BCUT2D eigenvalue weighted by atomic mass is 35.5. The Hall–Kier alpha value is -2.32. The SMILES string of the molecule is Cc1ccc(C(=O)c2cc(N)cc(Cl)c2)c2ccccc12. The lowest BCUT2D eigenvalue weighted by atomic mass is 9.95. The molecule has 0 saturated carbocycles. The van der Waals surface area contributed by atoms with Gasteiger partial charge in [-0.05, 0) is 41.5 Å². The molecule has 0 amide bonds. The molecule has 3 rings (SSSR count). The number of halogens is 1. The van der Waals surface area contributed by atoms with E-state index in [1.807, 2.05) is 43.3 Å². The van der Waals surface area contributed by atoms with E-state index < -0.39 is 0 Å². The number of nitrogen functional groups attached to an aromatic ring is 1. The predicted molar refractivity (Wildman–Crippen MR) is 88.0 cm³/mol. The highest BCUT2D eigenvalue weighted by Gasteiger charge is 2.14. The van der Waals surface area contributed by atoms with Crippen LogP contribution in [-0.4, -0.2) is 5.78 Å². The molecule has 0 saturated heterocycles. The maximum atomic E-state index is 12.8. The van der Waals surface area contributed by atoms with Crippen molar-refractivity contribution in [3.63, 3.8) is 0 Å². The normalized spacial score (nSPS) is 10.8. The van der Waals surface area contributed by atoms with Gasteiger partial charge >= 0.3 is 0 Å². The Morgan fingerprint density at radius 2 is 1.71 bits per heavy atom. The fourth-order valence-electron chi connectivity index (χ4n) is 2.55. The van der Waals surface area contributed by atoms with E-state index in [0.29, 0.717) is 21.8 Å². The quantitative estimate of drug-likeness (QED) is 0.554. The van der Waals surface area contributed by atoms with Gasteiger partial charge in [-0.25, -0.2) is 0 Å². The molecule has 104 valence electrons. The molecular formula is C18H14ClNO. The zero-order valence-electron chi connectivity index (χ0n) is 11.6. The van der Waals surface area contributed by atoms with E-state index in [1.165, 1.54) is 0 Å². The molecule has 0 heterocycles. The number of nitrogens with two attached hydrogens (primary N) is 1. The van der Waals surface area contributed by atoms with Crippen LogP contribution < -0.4 is 5.73 Å². The first-order valence-electron chi connectivity index (χ1n) is 6.65. The molecule has 0 atom stereocenters. The number of hydrogen-bond donors (Lipinski definition) is 1. The standard InChI is InChI=1S/C18H14ClNO/c1-11-6-7-17(16-5-3-2-4-15(11)16)18(21)12-8-13(19)10-14(20)9-12/h2-10H,20H2,1H3. The third-order valence-corrected chi connectivity index (χ3v) is 3.79. The predicted octanol–water partition coefficient (Wildman–Crippen LogP) is 4.61. The van der Waals surface area contributed by atoms with Gasteiger partial charge in [0.05, 0.1) is 0 Å². The Bertz CT molecular complexity index is 835. The van der Waals surface area contributed by atoms with E-state index in [9.17, 15) is 4.79 Å². The summed E-state index contributed by atoms with van der Waals surface area (Å²) in [5, 5.41) is 2.49. The number of aryl methyl sites for hydroxylation is 1. The number of benzene rings is 3. The first-order valence-corrected chi connectivity index (χ1v) is 7.03. The number of carbonyl (C=O) groups is 1. The van der Waals surface area contributed by atoms with Gasteiger partial charge in [0.25, 0.3) is 0 Å². The van der Waals surface area contributed by atoms with Crippen LogP contribution in [0.15, 0.2) is 54.6 Å². The van der Waals surface area contributed by atoms with Crippen molar-refractivity contribution in [2.75, 3.05) is 5.73 Å². The minimum absolute atomic E-state index is 0.0691. The fraction of sp³-hybridized carbons (Fsp3) is 0.0556. The largest absolute Gasteiger partial charge is 0.399 e. The van der Waals surface area contributed by atoms with Crippen LogP contribution in [0.4, 0.5) is 5.69 Å². The molecule has 0 bridgehead atoms. The summed E-state index contributed by atoms with van der Waals surface area (Å²) in [6, 6.07) is 16.6. The first-order chi connectivity index (χ1) is 10.1. The van der Waals surface area contributed by atoms with Crippen LogP contribution in [0.5, 0.6) is 0 Å². The van der Waals surface area contributed by atoms with Crippen LogP contribution in [0.3, 0.4) is 0 Å². The average Bonchev–Trinajstić information content (AvgIpc) is 2.46. The lowest BCUT2D eigenvalue weighted by Gasteiger charge is -2.09. The summed E-state index contributed by atoms with van der Waals surface area (Å²) < 4.78 is 0. The summed E-state index contributed by atoms with van der Waals surface area (Å²) in [5.41, 5.74) is 8.58. The Kier molecular flexibility index (Phi) is 3.40. The third kappa shape index (κ3) is 2.50. The van der Waals surface area contributed by atoms with E-state index in [0.717, 1.165) is 16.3 Å². The van der Waals surface area contributed by atoms with Gasteiger partial charge < -0.3 is 5.73 Å². The maximum Gasteiger partial charge on any atom is 0.193 e. The second-order valence-corrected chi connectivity index (χ2v) is 5.51. The second-order valence-electron chi connectivity index (χ2n) is 5.08. The molecule has 2 nitrogen and oxygen atoms in total. The molecule has 0 aliphatic heterocycles. The number of ketones is 1. The monoisotopic (exact) mass is 295 g/mol. The highest BCUT2D eigenvalue weighted by molar-refractivity contribution is 6.31. The van der Waals surface area contributed by atoms with Crippen molar-refractivity contribution in [3.8, 4) is 0 Å². The highest BCUT2D eigenvalue weighted by Crippen LogP contribution is 2.26. The van der Waals surface area contributed by atoms with E-state index >= 15 is 0 Å². The van der Waals surface area contributed by atoms with Crippen LogP contribution in [-0.2, 0) is 0 Å². The summed E-state index contributed by atoms with van der Waals surface area (Å²) in [7, 11) is 0. The van der Waals surface area contributed by atoms with Crippen LogP contribution in [0, 0.1) is 6.92 Å². The minimum atomic E-state index is -0.0691. The van der Waals surface area contributed by atoms with Gasteiger partial charge in [0.15, 0.2) is 5.78 Å². The molecule has 0 unspecified atom stereocenters. The van der Waals surface area contributed by atoms with Gasteiger partial charge in [-0.15, -0.1) is 0 Å². The number of fused-ring (bicyclic) bond motifs is 1. The molecule has 0 aromatic heterocycles. The van der Waals surface area contributed by atoms with Gasteiger partial charge in [0, 0.05) is 21.8 Å². The van der Waals surface area contributed by atoms with Gasteiger partial charge in [0.1, 0.15) is 0 Å². The summed E-state index contributed by atoms with van der Waals surface area (Å²) in [6.45, 7) is 2.04. The zero-order chi connectivity index (χ0) is 15.0. The van der Waals surface area contributed by atoms with Crippen molar-refractivity contribution >= 4 is 33.8 Å². The maximum absolute atomic E-state index is 12.8. The lowest BCUT2D eigenvalue weighted by molar-refractivity contribution is 0.104. The Morgan fingerprint density at radius 3 is 2.43 bits per heavy atom. The zero-order valence-corrected chi connectivity index (χ0v) is 12.3. The molecule has 2 N–H and O–H groups in total. The van der Waals surface area contributed by atoms with Crippen LogP contribution in [0.2, 0.25) is 5.02 Å². The molecule has 0 aliphatic carbocycles. The average molecular weight is 296 g/mol. The topological polar surface area (TPSA) is 43.1 Å².